The number of benzene rings is 3. The molecule has 0 radical (unpaired) electrons. The van der Waals surface area contributed by atoms with Crippen molar-refractivity contribution in [3.05, 3.63) is 102 Å². The summed E-state index contributed by atoms with van der Waals surface area (Å²) in [4.78, 5) is 34.4. The van der Waals surface area contributed by atoms with Crippen molar-refractivity contribution < 1.29 is 23.7 Å². The van der Waals surface area contributed by atoms with Crippen molar-refractivity contribution in [3.8, 4) is 23.0 Å². The standard InChI is InChI=1S/C42H50N6O5/c1-50-34-11-9-30(10-12-34)27-42(18-24-47(40(42)49)28-32-25-37(51-2)39(53-4)38(26-32)52-3)17-23-46-21-15-33(16-22-46)48(29-31-13-19-43-20-14-31)41-44-35-7-5-6-8-36(35)45-41/h5-14,19-20,25-26,33H,15-18,21-24,27-29H2,1-4H3,(H,44,45). The number of imidazole rings is 1. The molecule has 1 N–H and O–H groups in total. The van der Waals surface area contributed by atoms with Crippen molar-refractivity contribution in [1.82, 2.24) is 24.8 Å². The van der Waals surface area contributed by atoms with E-state index in [1.54, 1.807) is 28.4 Å². The quantitative estimate of drug-likeness (QED) is 0.130. The smallest absolute Gasteiger partial charge is 0.229 e. The lowest BCUT2D eigenvalue weighted by Crippen LogP contribution is -2.46. The maximum Gasteiger partial charge on any atom is 0.229 e. The number of fused-ring (bicyclic) bond motifs is 1. The number of amides is 1. The van der Waals surface area contributed by atoms with Crippen LogP contribution in [0.3, 0.4) is 0 Å². The molecule has 2 aliphatic heterocycles. The molecule has 5 aromatic rings. The third-order valence-electron chi connectivity index (χ3n) is 11.1. The summed E-state index contributed by atoms with van der Waals surface area (Å²) in [7, 11) is 6.50. The SMILES string of the molecule is COc1ccc(CC2(CCN3CCC(N(Cc4ccncc4)c4nc5ccccc5[nH]4)CC3)CCN(Cc3cc(OC)c(OC)c(OC)c3)C2=O)cc1. The molecule has 0 saturated carbocycles. The maximum absolute atomic E-state index is 14.6. The maximum atomic E-state index is 14.6. The fourth-order valence-corrected chi connectivity index (χ4v) is 8.07. The third kappa shape index (κ3) is 7.90. The van der Waals surface area contributed by atoms with Gasteiger partial charge in [-0.15, -0.1) is 0 Å². The number of nitrogens with zero attached hydrogens (tertiary/aromatic N) is 5. The van der Waals surface area contributed by atoms with Gasteiger partial charge in [-0.2, -0.15) is 0 Å². The molecule has 2 fully saturated rings. The number of pyridine rings is 1. The zero-order valence-corrected chi connectivity index (χ0v) is 31.2. The number of para-hydroxylation sites is 2. The lowest BCUT2D eigenvalue weighted by Gasteiger charge is -2.39. The van der Waals surface area contributed by atoms with Crippen molar-refractivity contribution in [3.63, 3.8) is 0 Å². The first-order valence-electron chi connectivity index (χ1n) is 18.5. The van der Waals surface area contributed by atoms with E-state index in [2.05, 4.69) is 56.2 Å². The number of carbonyl (C=O) groups excluding carboxylic acids is 1. The number of likely N-dealkylation sites (tertiary alicyclic amines) is 2. The Kier molecular flexibility index (Phi) is 11.0. The van der Waals surface area contributed by atoms with Gasteiger partial charge in [-0.05, 0) is 104 Å². The number of carbonyl (C=O) groups is 1. The largest absolute Gasteiger partial charge is 0.497 e. The van der Waals surface area contributed by atoms with E-state index in [1.165, 1.54) is 5.56 Å². The second-order valence-electron chi connectivity index (χ2n) is 14.2. The Bertz CT molecular complexity index is 1920. The van der Waals surface area contributed by atoms with E-state index in [0.717, 1.165) is 85.7 Å². The predicted octanol–water partition coefficient (Wildman–Crippen LogP) is 6.52. The van der Waals surface area contributed by atoms with Crippen LogP contribution in [0, 0.1) is 5.41 Å². The number of H-pyrrole nitrogens is 1. The molecule has 1 amide bonds. The fraction of sp³-hybridized carbons (Fsp3) is 0.405. The van der Waals surface area contributed by atoms with Gasteiger partial charge in [0.2, 0.25) is 17.6 Å². The molecule has 2 aromatic heterocycles. The van der Waals surface area contributed by atoms with E-state index in [-0.39, 0.29) is 5.91 Å². The van der Waals surface area contributed by atoms with Crippen molar-refractivity contribution in [2.24, 2.45) is 5.41 Å². The first-order chi connectivity index (χ1) is 25.9. The monoisotopic (exact) mass is 718 g/mol. The number of aromatic amines is 1. The Hall–Kier alpha value is -5.29. The van der Waals surface area contributed by atoms with E-state index in [4.69, 9.17) is 23.9 Å². The lowest BCUT2D eigenvalue weighted by molar-refractivity contribution is -0.137. The Morgan fingerprint density at radius 1 is 0.830 bits per heavy atom. The van der Waals surface area contributed by atoms with Gasteiger partial charge < -0.3 is 38.6 Å². The van der Waals surface area contributed by atoms with Crippen molar-refractivity contribution in [2.75, 3.05) is 59.5 Å². The Balaban J connectivity index is 1.06. The van der Waals surface area contributed by atoms with Crippen LogP contribution < -0.4 is 23.8 Å². The summed E-state index contributed by atoms with van der Waals surface area (Å²) in [5.41, 5.74) is 4.80. The number of hydrogen-bond acceptors (Lipinski definition) is 9. The summed E-state index contributed by atoms with van der Waals surface area (Å²) >= 11 is 0. The number of methoxy groups -OCH3 is 4. The number of rotatable bonds is 15. The van der Waals surface area contributed by atoms with Crippen LogP contribution in [0.4, 0.5) is 5.95 Å². The van der Waals surface area contributed by atoms with E-state index < -0.39 is 5.41 Å². The van der Waals surface area contributed by atoms with Crippen LogP contribution in [0.5, 0.6) is 23.0 Å². The third-order valence-corrected chi connectivity index (χ3v) is 11.1. The molecular formula is C42H50N6O5. The summed E-state index contributed by atoms with van der Waals surface area (Å²) in [6, 6.07) is 24.7. The first-order valence-corrected chi connectivity index (χ1v) is 18.5. The summed E-state index contributed by atoms with van der Waals surface area (Å²) in [5.74, 6) is 3.63. The summed E-state index contributed by atoms with van der Waals surface area (Å²) < 4.78 is 22.2. The molecule has 2 aliphatic rings. The highest BCUT2D eigenvalue weighted by atomic mass is 16.5. The van der Waals surface area contributed by atoms with Crippen molar-refractivity contribution in [2.45, 2.75) is 51.2 Å². The summed E-state index contributed by atoms with van der Waals surface area (Å²) in [6.45, 7) is 4.70. The topological polar surface area (TPSA) is 105 Å². The van der Waals surface area contributed by atoms with E-state index >= 15 is 0 Å². The first kappa shape index (κ1) is 36.1. The van der Waals surface area contributed by atoms with Crippen LogP contribution in [-0.2, 0) is 24.3 Å². The molecule has 1 unspecified atom stereocenters. The summed E-state index contributed by atoms with van der Waals surface area (Å²) in [6.07, 6.45) is 8.00. The van der Waals surface area contributed by atoms with Gasteiger partial charge in [0, 0.05) is 51.2 Å². The minimum atomic E-state index is -0.506. The van der Waals surface area contributed by atoms with Gasteiger partial charge in [0.05, 0.1) is 44.9 Å². The van der Waals surface area contributed by atoms with Crippen LogP contribution >= 0.6 is 0 Å². The van der Waals surface area contributed by atoms with Gasteiger partial charge in [0.25, 0.3) is 0 Å². The highest BCUT2D eigenvalue weighted by Crippen LogP contribution is 2.42. The fourth-order valence-electron chi connectivity index (χ4n) is 8.07. The number of nitrogens with one attached hydrogen (secondary N) is 1. The van der Waals surface area contributed by atoms with Gasteiger partial charge in [-0.1, -0.05) is 24.3 Å². The normalized spacial score (nSPS) is 18.0. The number of aromatic nitrogens is 3. The van der Waals surface area contributed by atoms with Gasteiger partial charge in [0.15, 0.2) is 11.5 Å². The van der Waals surface area contributed by atoms with Gasteiger partial charge in [0.1, 0.15) is 5.75 Å². The molecule has 7 rings (SSSR count). The second kappa shape index (κ2) is 16.2. The van der Waals surface area contributed by atoms with Crippen LogP contribution in [-0.4, -0.2) is 91.3 Å². The molecule has 0 bridgehead atoms. The molecular weight excluding hydrogens is 668 g/mol. The molecule has 11 heteroatoms. The molecule has 1 atom stereocenters. The molecule has 278 valence electrons. The molecule has 0 aliphatic carbocycles. The van der Waals surface area contributed by atoms with Crippen molar-refractivity contribution in [1.29, 1.82) is 0 Å². The zero-order chi connectivity index (χ0) is 36.8. The van der Waals surface area contributed by atoms with Crippen LogP contribution in [0.2, 0.25) is 0 Å². The Labute approximate surface area is 311 Å². The minimum absolute atomic E-state index is 0.199. The highest BCUT2D eigenvalue weighted by Gasteiger charge is 2.46. The average molecular weight is 719 g/mol. The lowest BCUT2D eigenvalue weighted by atomic mass is 9.77. The van der Waals surface area contributed by atoms with Crippen molar-refractivity contribution >= 4 is 22.9 Å². The van der Waals surface area contributed by atoms with E-state index in [9.17, 15) is 4.79 Å². The number of piperidine rings is 1. The van der Waals surface area contributed by atoms with Gasteiger partial charge in [-0.3, -0.25) is 9.78 Å². The van der Waals surface area contributed by atoms with Gasteiger partial charge in [-0.25, -0.2) is 4.98 Å². The van der Waals surface area contributed by atoms with Crippen LogP contribution in [0.25, 0.3) is 11.0 Å². The number of ether oxygens (including phenoxy) is 4. The number of hydrogen-bond donors (Lipinski definition) is 1. The van der Waals surface area contributed by atoms with Crippen LogP contribution in [0.1, 0.15) is 42.4 Å². The zero-order valence-electron chi connectivity index (χ0n) is 31.2. The second-order valence-corrected chi connectivity index (χ2v) is 14.2. The highest BCUT2D eigenvalue weighted by molar-refractivity contribution is 5.85. The van der Waals surface area contributed by atoms with E-state index in [0.29, 0.717) is 42.8 Å². The molecule has 53 heavy (non-hydrogen) atoms. The Morgan fingerprint density at radius 2 is 1.55 bits per heavy atom. The molecule has 3 aromatic carbocycles. The molecule has 11 nitrogen and oxygen atoms in total. The van der Waals surface area contributed by atoms with E-state index in [1.807, 2.05) is 53.7 Å². The minimum Gasteiger partial charge on any atom is -0.497 e. The molecule has 0 spiro atoms. The number of anilines is 1. The molecule has 4 heterocycles. The average Bonchev–Trinajstić information content (AvgIpc) is 3.77. The molecule has 2 saturated heterocycles. The Morgan fingerprint density at radius 3 is 2.21 bits per heavy atom. The summed E-state index contributed by atoms with van der Waals surface area (Å²) in [5, 5.41) is 0. The van der Waals surface area contributed by atoms with Crippen LogP contribution in [0.15, 0.2) is 85.2 Å². The van der Waals surface area contributed by atoms with Gasteiger partial charge >= 0.3 is 0 Å². The predicted molar refractivity (Wildman–Crippen MR) is 206 cm³/mol.